The van der Waals surface area contributed by atoms with Gasteiger partial charge in [0.1, 0.15) is 12.7 Å². The number of aliphatic hydroxyl groups is 1. The van der Waals surface area contributed by atoms with Crippen molar-refractivity contribution in [3.05, 3.63) is 28.2 Å². The van der Waals surface area contributed by atoms with Gasteiger partial charge in [-0.3, -0.25) is 0 Å². The largest absolute Gasteiger partial charge is 0.488 e. The minimum Gasteiger partial charge on any atom is -0.488 e. The Balaban J connectivity index is 2.31. The summed E-state index contributed by atoms with van der Waals surface area (Å²) >= 11 is 11.9. The van der Waals surface area contributed by atoms with Crippen molar-refractivity contribution in [2.75, 3.05) is 26.4 Å². The standard InChI is InChI=1S/C14H21Cl2NO3/c1-3-19-8-10(2)17-7-11(18)9-20-14-12(15)5-4-6-13(14)16/h4-6,10-11,17-18H,3,7-9H2,1-2H3. The average molecular weight is 322 g/mol. The highest BCUT2D eigenvalue weighted by Gasteiger charge is 2.11. The molecule has 1 aromatic carbocycles. The molecule has 0 spiro atoms. The Kier molecular flexibility index (Phi) is 8.26. The van der Waals surface area contributed by atoms with Gasteiger partial charge in [0.25, 0.3) is 0 Å². The van der Waals surface area contributed by atoms with Gasteiger partial charge in [0, 0.05) is 19.2 Å². The summed E-state index contributed by atoms with van der Waals surface area (Å²) in [5, 5.41) is 13.9. The van der Waals surface area contributed by atoms with Crippen molar-refractivity contribution in [2.24, 2.45) is 0 Å². The van der Waals surface area contributed by atoms with Crippen LogP contribution in [0.1, 0.15) is 13.8 Å². The molecule has 6 heteroatoms. The fourth-order valence-corrected chi connectivity index (χ4v) is 2.06. The van der Waals surface area contributed by atoms with Crippen molar-refractivity contribution in [1.29, 1.82) is 0 Å². The van der Waals surface area contributed by atoms with E-state index in [1.807, 2.05) is 13.8 Å². The monoisotopic (exact) mass is 321 g/mol. The molecule has 1 rings (SSSR count). The maximum atomic E-state index is 9.85. The molecule has 20 heavy (non-hydrogen) atoms. The maximum absolute atomic E-state index is 9.85. The van der Waals surface area contributed by atoms with E-state index in [1.54, 1.807) is 18.2 Å². The lowest BCUT2D eigenvalue weighted by Crippen LogP contribution is -2.38. The number of benzene rings is 1. The summed E-state index contributed by atoms with van der Waals surface area (Å²) in [4.78, 5) is 0. The molecule has 0 aromatic heterocycles. The molecule has 2 N–H and O–H groups in total. The number of rotatable bonds is 9. The third kappa shape index (κ3) is 6.29. The molecule has 0 aliphatic heterocycles. The molecule has 0 aliphatic rings. The van der Waals surface area contributed by atoms with Gasteiger partial charge in [0.05, 0.1) is 16.7 Å². The van der Waals surface area contributed by atoms with E-state index in [-0.39, 0.29) is 12.6 Å². The fourth-order valence-electron chi connectivity index (χ4n) is 1.55. The first-order chi connectivity index (χ1) is 9.54. The Bertz CT molecular complexity index is 384. The van der Waals surface area contributed by atoms with Crippen molar-refractivity contribution in [2.45, 2.75) is 26.0 Å². The molecule has 0 saturated heterocycles. The summed E-state index contributed by atoms with van der Waals surface area (Å²) in [6.45, 7) is 5.77. The van der Waals surface area contributed by atoms with Crippen LogP contribution < -0.4 is 10.1 Å². The summed E-state index contributed by atoms with van der Waals surface area (Å²) in [5.74, 6) is 0.400. The minimum atomic E-state index is -0.647. The van der Waals surface area contributed by atoms with Gasteiger partial charge in [0.2, 0.25) is 0 Å². The van der Waals surface area contributed by atoms with Crippen LogP contribution in [0.3, 0.4) is 0 Å². The van der Waals surface area contributed by atoms with E-state index < -0.39 is 6.10 Å². The lowest BCUT2D eigenvalue weighted by Gasteiger charge is -2.18. The molecule has 2 atom stereocenters. The third-order valence-corrected chi connectivity index (χ3v) is 3.21. The van der Waals surface area contributed by atoms with Gasteiger partial charge >= 0.3 is 0 Å². The van der Waals surface area contributed by atoms with Gasteiger partial charge in [-0.25, -0.2) is 0 Å². The summed E-state index contributed by atoms with van der Waals surface area (Å²) in [6, 6.07) is 5.30. The van der Waals surface area contributed by atoms with Crippen LogP contribution in [0, 0.1) is 0 Å². The highest BCUT2D eigenvalue weighted by atomic mass is 35.5. The van der Waals surface area contributed by atoms with Crippen LogP contribution in [0.2, 0.25) is 10.0 Å². The van der Waals surface area contributed by atoms with Crippen LogP contribution in [0.4, 0.5) is 0 Å². The van der Waals surface area contributed by atoms with Gasteiger partial charge in [-0.2, -0.15) is 0 Å². The maximum Gasteiger partial charge on any atom is 0.156 e. The van der Waals surface area contributed by atoms with Crippen molar-refractivity contribution in [3.8, 4) is 5.75 Å². The summed E-state index contributed by atoms with van der Waals surface area (Å²) in [7, 11) is 0. The Morgan fingerprint density at radius 1 is 1.25 bits per heavy atom. The van der Waals surface area contributed by atoms with E-state index in [0.29, 0.717) is 35.6 Å². The quantitative estimate of drug-likeness (QED) is 0.734. The van der Waals surface area contributed by atoms with E-state index in [0.717, 1.165) is 0 Å². The van der Waals surface area contributed by atoms with Gasteiger partial charge in [0.15, 0.2) is 5.75 Å². The summed E-state index contributed by atoms with van der Waals surface area (Å²) in [6.07, 6.45) is -0.647. The highest BCUT2D eigenvalue weighted by molar-refractivity contribution is 6.37. The molecule has 1 aromatic rings. The van der Waals surface area contributed by atoms with Gasteiger partial charge in [-0.1, -0.05) is 29.3 Å². The lowest BCUT2D eigenvalue weighted by atomic mass is 10.3. The van der Waals surface area contributed by atoms with E-state index in [2.05, 4.69) is 5.32 Å². The van der Waals surface area contributed by atoms with Crippen molar-refractivity contribution in [3.63, 3.8) is 0 Å². The first-order valence-corrected chi connectivity index (χ1v) is 7.36. The molecule has 0 aliphatic carbocycles. The molecular formula is C14H21Cl2NO3. The fraction of sp³-hybridized carbons (Fsp3) is 0.571. The number of halogens is 2. The van der Waals surface area contributed by atoms with E-state index >= 15 is 0 Å². The second-order valence-electron chi connectivity index (χ2n) is 4.48. The van der Waals surface area contributed by atoms with Crippen LogP contribution in [0.15, 0.2) is 18.2 Å². The molecule has 0 saturated carbocycles. The van der Waals surface area contributed by atoms with E-state index in [1.165, 1.54) is 0 Å². The highest BCUT2D eigenvalue weighted by Crippen LogP contribution is 2.32. The topological polar surface area (TPSA) is 50.7 Å². The second-order valence-corrected chi connectivity index (χ2v) is 5.30. The number of para-hydroxylation sites is 1. The number of ether oxygens (including phenoxy) is 2. The van der Waals surface area contributed by atoms with Gasteiger partial charge < -0.3 is 19.9 Å². The Morgan fingerprint density at radius 3 is 2.50 bits per heavy atom. The second kappa shape index (κ2) is 9.42. The van der Waals surface area contributed by atoms with Crippen molar-refractivity contribution < 1.29 is 14.6 Å². The Labute approximate surface area is 130 Å². The minimum absolute atomic E-state index is 0.123. The van der Waals surface area contributed by atoms with E-state index in [9.17, 15) is 5.11 Å². The van der Waals surface area contributed by atoms with Crippen LogP contribution in [-0.4, -0.2) is 43.6 Å². The van der Waals surface area contributed by atoms with Crippen LogP contribution in [0.5, 0.6) is 5.75 Å². The molecule has 114 valence electrons. The Morgan fingerprint density at radius 2 is 1.90 bits per heavy atom. The Hall–Kier alpha value is -0.520. The molecule has 0 bridgehead atoms. The number of hydrogen-bond donors (Lipinski definition) is 2. The molecule has 0 heterocycles. The van der Waals surface area contributed by atoms with Crippen molar-refractivity contribution >= 4 is 23.2 Å². The zero-order chi connectivity index (χ0) is 15.0. The molecular weight excluding hydrogens is 301 g/mol. The average Bonchev–Trinajstić information content (AvgIpc) is 2.42. The molecule has 0 fully saturated rings. The van der Waals surface area contributed by atoms with Crippen LogP contribution >= 0.6 is 23.2 Å². The molecule has 0 amide bonds. The van der Waals surface area contributed by atoms with Crippen molar-refractivity contribution in [1.82, 2.24) is 5.32 Å². The number of nitrogens with one attached hydrogen (secondary N) is 1. The third-order valence-electron chi connectivity index (χ3n) is 2.61. The first-order valence-electron chi connectivity index (χ1n) is 6.60. The first kappa shape index (κ1) is 17.5. The molecule has 4 nitrogen and oxygen atoms in total. The van der Waals surface area contributed by atoms with Gasteiger partial charge in [-0.15, -0.1) is 0 Å². The normalized spacial score (nSPS) is 14.1. The molecule has 2 unspecified atom stereocenters. The zero-order valence-electron chi connectivity index (χ0n) is 11.7. The van der Waals surface area contributed by atoms with Gasteiger partial charge in [-0.05, 0) is 26.0 Å². The summed E-state index contributed by atoms with van der Waals surface area (Å²) < 4.78 is 10.7. The molecule has 0 radical (unpaired) electrons. The SMILES string of the molecule is CCOCC(C)NCC(O)COc1c(Cl)cccc1Cl. The number of aliphatic hydroxyl groups excluding tert-OH is 1. The lowest BCUT2D eigenvalue weighted by molar-refractivity contribution is 0.0908. The zero-order valence-corrected chi connectivity index (χ0v) is 13.2. The number of hydrogen-bond acceptors (Lipinski definition) is 4. The smallest absolute Gasteiger partial charge is 0.156 e. The van der Waals surface area contributed by atoms with E-state index in [4.69, 9.17) is 32.7 Å². The summed E-state index contributed by atoms with van der Waals surface area (Å²) in [5.41, 5.74) is 0. The predicted octanol–water partition coefficient (Wildman–Crippen LogP) is 2.75. The van der Waals surface area contributed by atoms with Crippen LogP contribution in [0.25, 0.3) is 0 Å². The van der Waals surface area contributed by atoms with Crippen LogP contribution in [-0.2, 0) is 4.74 Å². The predicted molar refractivity (Wildman–Crippen MR) is 81.9 cm³/mol.